The quantitative estimate of drug-likeness (QED) is 0.293. The van der Waals surface area contributed by atoms with Gasteiger partial charge in [-0.15, -0.1) is 5.92 Å². The summed E-state index contributed by atoms with van der Waals surface area (Å²) in [5.74, 6) is 5.83. The molecule has 0 saturated carbocycles. The van der Waals surface area contributed by atoms with E-state index in [1.807, 2.05) is 91.0 Å². The molecule has 0 bridgehead atoms. The van der Waals surface area contributed by atoms with E-state index < -0.39 is 30.7 Å². The van der Waals surface area contributed by atoms with E-state index >= 15 is 0 Å². The fourth-order valence-electron chi connectivity index (χ4n) is 4.37. The summed E-state index contributed by atoms with van der Waals surface area (Å²) < 4.78 is 37.6. The van der Waals surface area contributed by atoms with E-state index in [1.54, 1.807) is 14.0 Å². The molecular formula is C32H36O6. The average Bonchev–Trinajstić information content (AvgIpc) is 2.97. The van der Waals surface area contributed by atoms with Crippen LogP contribution < -0.4 is 0 Å². The zero-order chi connectivity index (χ0) is 26.4. The van der Waals surface area contributed by atoms with E-state index in [4.69, 9.17) is 28.4 Å². The molecule has 38 heavy (non-hydrogen) atoms. The molecule has 1 fully saturated rings. The van der Waals surface area contributed by atoms with Crippen molar-refractivity contribution in [3.8, 4) is 11.8 Å². The minimum atomic E-state index is -0.711. The first-order chi connectivity index (χ1) is 18.8. The van der Waals surface area contributed by atoms with Gasteiger partial charge in [0.2, 0.25) is 0 Å². The number of benzene rings is 3. The van der Waals surface area contributed by atoms with Crippen LogP contribution in [0, 0.1) is 11.8 Å². The zero-order valence-corrected chi connectivity index (χ0v) is 22.0. The summed E-state index contributed by atoms with van der Waals surface area (Å²) in [4.78, 5) is 0. The third kappa shape index (κ3) is 8.24. The number of hydrogen-bond donors (Lipinski definition) is 0. The highest BCUT2D eigenvalue weighted by atomic mass is 16.7. The summed E-state index contributed by atoms with van der Waals surface area (Å²) in [6, 6.07) is 30.1. The van der Waals surface area contributed by atoms with Crippen LogP contribution in [0.1, 0.15) is 23.6 Å². The van der Waals surface area contributed by atoms with E-state index in [0.717, 1.165) is 16.7 Å². The summed E-state index contributed by atoms with van der Waals surface area (Å²) in [6.45, 7) is 3.48. The van der Waals surface area contributed by atoms with Gasteiger partial charge in [0.15, 0.2) is 6.29 Å². The predicted molar refractivity (Wildman–Crippen MR) is 145 cm³/mol. The van der Waals surface area contributed by atoms with E-state index in [0.29, 0.717) is 26.4 Å². The lowest BCUT2D eigenvalue weighted by atomic mass is 9.97. The molecule has 0 N–H and O–H groups in total. The Morgan fingerprint density at radius 2 is 1.11 bits per heavy atom. The van der Waals surface area contributed by atoms with Gasteiger partial charge in [0, 0.05) is 7.11 Å². The monoisotopic (exact) mass is 516 g/mol. The molecule has 3 aromatic rings. The lowest BCUT2D eigenvalue weighted by Gasteiger charge is -2.45. The molecular weight excluding hydrogens is 480 g/mol. The van der Waals surface area contributed by atoms with Crippen molar-refractivity contribution >= 4 is 0 Å². The highest BCUT2D eigenvalue weighted by molar-refractivity contribution is 5.15. The smallest absolute Gasteiger partial charge is 0.188 e. The fraction of sp³-hybridized carbons (Fsp3) is 0.375. The number of rotatable bonds is 13. The van der Waals surface area contributed by atoms with Crippen LogP contribution in [0.3, 0.4) is 0 Å². The SMILES string of the molecule is CC#CCOC1O[C@H](COC)[C@@H](OCc2ccccc2)[C@H](OCc2ccccc2)[C@H]1OCc1ccccc1. The van der Waals surface area contributed by atoms with Gasteiger partial charge in [0.05, 0.1) is 26.4 Å². The van der Waals surface area contributed by atoms with Crippen molar-refractivity contribution in [3.63, 3.8) is 0 Å². The summed E-state index contributed by atoms with van der Waals surface area (Å²) in [5, 5.41) is 0. The first kappa shape index (κ1) is 28.0. The van der Waals surface area contributed by atoms with Crippen LogP contribution in [-0.4, -0.2) is 51.0 Å². The van der Waals surface area contributed by atoms with Gasteiger partial charge in [-0.1, -0.05) is 96.9 Å². The zero-order valence-electron chi connectivity index (χ0n) is 22.0. The van der Waals surface area contributed by atoms with Crippen LogP contribution in [0.15, 0.2) is 91.0 Å². The van der Waals surface area contributed by atoms with Gasteiger partial charge >= 0.3 is 0 Å². The molecule has 0 aliphatic carbocycles. The Kier molecular flexibility index (Phi) is 11.4. The molecule has 1 saturated heterocycles. The molecule has 5 atom stereocenters. The molecule has 6 heteroatoms. The molecule has 1 aliphatic rings. The maximum absolute atomic E-state index is 6.58. The third-order valence-electron chi connectivity index (χ3n) is 6.27. The second kappa shape index (κ2) is 15.4. The molecule has 1 heterocycles. The normalized spacial score (nSPS) is 22.9. The first-order valence-electron chi connectivity index (χ1n) is 12.9. The van der Waals surface area contributed by atoms with Gasteiger partial charge in [-0.05, 0) is 23.6 Å². The minimum absolute atomic E-state index is 0.215. The summed E-state index contributed by atoms with van der Waals surface area (Å²) in [7, 11) is 1.65. The van der Waals surface area contributed by atoms with Gasteiger partial charge in [0.25, 0.3) is 0 Å². The average molecular weight is 517 g/mol. The Balaban J connectivity index is 1.61. The Morgan fingerprint density at radius 1 is 0.632 bits per heavy atom. The molecule has 0 amide bonds. The maximum atomic E-state index is 6.58. The second-order valence-corrected chi connectivity index (χ2v) is 9.02. The number of hydrogen-bond acceptors (Lipinski definition) is 6. The van der Waals surface area contributed by atoms with Crippen molar-refractivity contribution in [2.75, 3.05) is 20.3 Å². The van der Waals surface area contributed by atoms with Crippen LogP contribution in [0.5, 0.6) is 0 Å². The van der Waals surface area contributed by atoms with Gasteiger partial charge in [-0.3, -0.25) is 0 Å². The Labute approximate surface area is 225 Å². The van der Waals surface area contributed by atoms with Gasteiger partial charge in [-0.2, -0.15) is 0 Å². The van der Waals surface area contributed by atoms with Crippen LogP contribution >= 0.6 is 0 Å². The molecule has 1 unspecified atom stereocenters. The van der Waals surface area contributed by atoms with Gasteiger partial charge in [-0.25, -0.2) is 0 Å². The molecule has 0 spiro atoms. The van der Waals surface area contributed by atoms with E-state index in [1.165, 1.54) is 0 Å². The summed E-state index contributed by atoms with van der Waals surface area (Å²) in [5.41, 5.74) is 3.16. The van der Waals surface area contributed by atoms with Crippen molar-refractivity contribution < 1.29 is 28.4 Å². The Hall–Kier alpha value is -3.02. The van der Waals surface area contributed by atoms with Crippen LogP contribution in [0.2, 0.25) is 0 Å². The predicted octanol–water partition coefficient (Wildman–Crippen LogP) is 5.15. The first-order valence-corrected chi connectivity index (χ1v) is 12.9. The highest BCUT2D eigenvalue weighted by Gasteiger charge is 2.49. The second-order valence-electron chi connectivity index (χ2n) is 9.02. The highest BCUT2D eigenvalue weighted by Crippen LogP contribution is 2.31. The van der Waals surface area contributed by atoms with E-state index in [-0.39, 0.29) is 6.61 Å². The van der Waals surface area contributed by atoms with Crippen LogP contribution in [0.4, 0.5) is 0 Å². The molecule has 0 radical (unpaired) electrons. The lowest BCUT2D eigenvalue weighted by Crippen LogP contribution is -2.61. The molecule has 1 aliphatic heterocycles. The molecule has 200 valence electrons. The maximum Gasteiger partial charge on any atom is 0.188 e. The Bertz CT molecular complexity index is 1110. The molecule has 3 aromatic carbocycles. The van der Waals surface area contributed by atoms with Crippen molar-refractivity contribution in [3.05, 3.63) is 108 Å². The standard InChI is InChI=1S/C32H36O6/c1-3-4-20-34-32-31(37-23-27-18-12-7-13-19-27)30(36-22-26-16-10-6-11-17-26)29(28(38-32)24-33-2)35-21-25-14-8-5-9-15-25/h5-19,28-32H,20-24H2,1-2H3/t28-,29-,30+,31-,32?/m1/s1. The third-order valence-corrected chi connectivity index (χ3v) is 6.27. The van der Waals surface area contributed by atoms with Crippen molar-refractivity contribution in [2.24, 2.45) is 0 Å². The lowest BCUT2D eigenvalue weighted by molar-refractivity contribution is -0.325. The molecule has 6 nitrogen and oxygen atoms in total. The summed E-state index contributed by atoms with van der Waals surface area (Å²) >= 11 is 0. The van der Waals surface area contributed by atoms with Crippen molar-refractivity contribution in [2.45, 2.75) is 57.5 Å². The van der Waals surface area contributed by atoms with E-state index in [9.17, 15) is 0 Å². The molecule has 0 aromatic heterocycles. The Morgan fingerprint density at radius 3 is 1.58 bits per heavy atom. The number of ether oxygens (including phenoxy) is 6. The fourth-order valence-corrected chi connectivity index (χ4v) is 4.37. The van der Waals surface area contributed by atoms with Crippen LogP contribution in [-0.2, 0) is 48.2 Å². The van der Waals surface area contributed by atoms with Crippen molar-refractivity contribution in [1.82, 2.24) is 0 Å². The molecule has 4 rings (SSSR count). The van der Waals surface area contributed by atoms with Gasteiger partial charge in [0.1, 0.15) is 31.0 Å². The van der Waals surface area contributed by atoms with Crippen LogP contribution in [0.25, 0.3) is 0 Å². The van der Waals surface area contributed by atoms with E-state index in [2.05, 4.69) is 11.8 Å². The topological polar surface area (TPSA) is 55.4 Å². The largest absolute Gasteiger partial charge is 0.382 e. The van der Waals surface area contributed by atoms with Crippen molar-refractivity contribution in [1.29, 1.82) is 0 Å². The summed E-state index contributed by atoms with van der Waals surface area (Å²) in [6.07, 6.45) is -2.66. The minimum Gasteiger partial charge on any atom is -0.382 e. The van der Waals surface area contributed by atoms with Gasteiger partial charge < -0.3 is 28.4 Å². The number of methoxy groups -OCH3 is 1.